The van der Waals surface area contributed by atoms with E-state index in [9.17, 15) is 9.90 Å². The molecule has 4 rings (SSSR count). The first-order chi connectivity index (χ1) is 13.0. The van der Waals surface area contributed by atoms with Crippen molar-refractivity contribution in [1.82, 2.24) is 14.5 Å². The number of halogens is 1. The molecule has 0 aliphatic rings. The van der Waals surface area contributed by atoms with Crippen molar-refractivity contribution >= 4 is 28.5 Å². The predicted octanol–water partition coefficient (Wildman–Crippen LogP) is 5.06. The van der Waals surface area contributed by atoms with Gasteiger partial charge < -0.3 is 9.67 Å². The minimum absolute atomic E-state index is 0.583. The maximum Gasteiger partial charge on any atom is 0.326 e. The molecule has 0 aliphatic heterocycles. The number of aromatic nitrogens is 3. The van der Waals surface area contributed by atoms with Crippen LogP contribution in [0.1, 0.15) is 13.0 Å². The lowest BCUT2D eigenvalue weighted by atomic mass is 10.1. The summed E-state index contributed by atoms with van der Waals surface area (Å²) in [7, 11) is 0. The Bertz CT molecular complexity index is 1140. The number of fused-ring (bicyclic) bond motifs is 1. The molecule has 0 aliphatic carbocycles. The fourth-order valence-electron chi connectivity index (χ4n) is 3.02. The third-order valence-corrected chi connectivity index (χ3v) is 4.80. The molecule has 4 aromatic rings. The molecule has 1 N–H and O–H groups in total. The number of benzene rings is 2. The highest BCUT2D eigenvalue weighted by atomic mass is 35.5. The number of nitrogens with zero attached hydrogens (tertiary/aromatic N) is 3. The Morgan fingerprint density at radius 1 is 1.07 bits per heavy atom. The predicted molar refractivity (Wildman–Crippen MR) is 106 cm³/mol. The lowest BCUT2D eigenvalue weighted by Gasteiger charge is -2.11. The van der Waals surface area contributed by atoms with Crippen molar-refractivity contribution in [1.29, 1.82) is 0 Å². The van der Waals surface area contributed by atoms with Crippen LogP contribution in [0.15, 0.2) is 67.0 Å². The van der Waals surface area contributed by atoms with E-state index in [2.05, 4.69) is 9.97 Å². The Hall–Kier alpha value is -3.18. The molecule has 0 saturated heterocycles. The summed E-state index contributed by atoms with van der Waals surface area (Å²) >= 11 is 5.96. The van der Waals surface area contributed by atoms with E-state index in [0.29, 0.717) is 10.8 Å². The van der Waals surface area contributed by atoms with Crippen molar-refractivity contribution in [2.75, 3.05) is 0 Å². The standard InChI is InChI=1S/C21H16ClN3O2/c1-13(21(26)27)25-11-9-15-2-3-16(12-19(15)25)20-23-10-8-18(24-20)14-4-6-17(22)7-5-14/h2-13H,1H3,(H,26,27). The summed E-state index contributed by atoms with van der Waals surface area (Å²) in [6.45, 7) is 1.66. The molecular weight excluding hydrogens is 362 g/mol. The second-order valence-electron chi connectivity index (χ2n) is 6.28. The van der Waals surface area contributed by atoms with Crippen LogP contribution in [0.25, 0.3) is 33.5 Å². The highest BCUT2D eigenvalue weighted by Crippen LogP contribution is 2.27. The number of aliphatic carboxylic acids is 1. The molecule has 0 amide bonds. The summed E-state index contributed by atoms with van der Waals surface area (Å²) in [4.78, 5) is 20.4. The second kappa shape index (κ2) is 6.85. The zero-order valence-electron chi connectivity index (χ0n) is 14.5. The Balaban J connectivity index is 1.78. The van der Waals surface area contributed by atoms with Gasteiger partial charge in [0.1, 0.15) is 6.04 Å². The van der Waals surface area contributed by atoms with Gasteiger partial charge in [0.25, 0.3) is 0 Å². The molecule has 0 saturated carbocycles. The van der Waals surface area contributed by atoms with Gasteiger partial charge in [0, 0.05) is 34.1 Å². The summed E-state index contributed by atoms with van der Waals surface area (Å²) < 4.78 is 1.74. The van der Waals surface area contributed by atoms with Gasteiger partial charge in [-0.05, 0) is 42.6 Å². The zero-order valence-corrected chi connectivity index (χ0v) is 15.3. The molecule has 0 radical (unpaired) electrons. The van der Waals surface area contributed by atoms with E-state index in [1.54, 1.807) is 23.9 Å². The highest BCUT2D eigenvalue weighted by molar-refractivity contribution is 6.30. The minimum atomic E-state index is -0.876. The molecule has 134 valence electrons. The molecule has 6 heteroatoms. The van der Waals surface area contributed by atoms with Crippen molar-refractivity contribution in [2.45, 2.75) is 13.0 Å². The second-order valence-corrected chi connectivity index (χ2v) is 6.72. The summed E-state index contributed by atoms with van der Waals surface area (Å²) in [6.07, 6.45) is 3.51. The van der Waals surface area contributed by atoms with E-state index in [1.807, 2.05) is 54.6 Å². The number of rotatable bonds is 4. The summed E-state index contributed by atoms with van der Waals surface area (Å²) in [5.41, 5.74) is 3.41. The van der Waals surface area contributed by atoms with Gasteiger partial charge in [-0.25, -0.2) is 14.8 Å². The first-order valence-corrected chi connectivity index (χ1v) is 8.83. The lowest BCUT2D eigenvalue weighted by Crippen LogP contribution is -2.14. The van der Waals surface area contributed by atoms with Crippen LogP contribution < -0.4 is 0 Å². The number of carbonyl (C=O) groups is 1. The van der Waals surface area contributed by atoms with Crippen LogP contribution in [-0.4, -0.2) is 25.6 Å². The molecule has 2 heterocycles. The van der Waals surface area contributed by atoms with Crippen LogP contribution in [0.2, 0.25) is 5.02 Å². The van der Waals surface area contributed by atoms with Crippen LogP contribution in [0.3, 0.4) is 0 Å². The van der Waals surface area contributed by atoms with Crippen molar-refractivity contribution in [3.05, 3.63) is 72.0 Å². The Morgan fingerprint density at radius 3 is 2.56 bits per heavy atom. The molecule has 5 nitrogen and oxygen atoms in total. The summed E-state index contributed by atoms with van der Waals surface area (Å²) in [6, 6.07) is 16.4. The molecular formula is C21H16ClN3O2. The smallest absolute Gasteiger partial charge is 0.326 e. The highest BCUT2D eigenvalue weighted by Gasteiger charge is 2.16. The van der Waals surface area contributed by atoms with E-state index in [0.717, 1.165) is 27.7 Å². The minimum Gasteiger partial charge on any atom is -0.480 e. The molecule has 1 unspecified atom stereocenters. The number of carboxylic acid groups (broad SMARTS) is 1. The molecule has 0 spiro atoms. The van der Waals surface area contributed by atoms with Crippen molar-refractivity contribution < 1.29 is 9.90 Å². The lowest BCUT2D eigenvalue weighted by molar-refractivity contribution is -0.140. The van der Waals surface area contributed by atoms with E-state index in [4.69, 9.17) is 11.6 Å². The molecule has 1 atom stereocenters. The first-order valence-electron chi connectivity index (χ1n) is 8.46. The van der Waals surface area contributed by atoms with Crippen molar-refractivity contribution in [3.63, 3.8) is 0 Å². The van der Waals surface area contributed by atoms with Gasteiger partial charge in [-0.3, -0.25) is 0 Å². The van der Waals surface area contributed by atoms with Crippen LogP contribution in [0, 0.1) is 0 Å². The molecule has 27 heavy (non-hydrogen) atoms. The average Bonchev–Trinajstić information content (AvgIpc) is 3.11. The third kappa shape index (κ3) is 3.29. The van der Waals surface area contributed by atoms with E-state index in [-0.39, 0.29) is 0 Å². The molecule has 2 aromatic heterocycles. The maximum absolute atomic E-state index is 11.4. The Kier molecular flexibility index (Phi) is 4.38. The fraction of sp³-hybridized carbons (Fsp3) is 0.0952. The van der Waals surface area contributed by atoms with E-state index in [1.165, 1.54) is 0 Å². The van der Waals surface area contributed by atoms with Crippen molar-refractivity contribution in [2.24, 2.45) is 0 Å². The largest absolute Gasteiger partial charge is 0.480 e. The van der Waals surface area contributed by atoms with Crippen molar-refractivity contribution in [3.8, 4) is 22.6 Å². The van der Waals surface area contributed by atoms with Crippen LogP contribution in [0.4, 0.5) is 0 Å². The first kappa shape index (κ1) is 17.2. The third-order valence-electron chi connectivity index (χ3n) is 4.55. The van der Waals surface area contributed by atoms with Gasteiger partial charge in [-0.1, -0.05) is 35.9 Å². The topological polar surface area (TPSA) is 68.0 Å². The van der Waals surface area contributed by atoms with E-state index < -0.39 is 12.0 Å². The SMILES string of the molecule is CC(C(=O)O)n1ccc2ccc(-c3nccc(-c4ccc(Cl)cc4)n3)cc21. The number of hydrogen-bond acceptors (Lipinski definition) is 3. The Morgan fingerprint density at radius 2 is 1.81 bits per heavy atom. The zero-order chi connectivity index (χ0) is 19.0. The average molecular weight is 378 g/mol. The number of hydrogen-bond donors (Lipinski definition) is 1. The summed E-state index contributed by atoms with van der Waals surface area (Å²) in [5.74, 6) is -0.293. The van der Waals surface area contributed by atoms with Crippen LogP contribution in [-0.2, 0) is 4.79 Å². The fourth-order valence-corrected chi connectivity index (χ4v) is 3.15. The molecule has 0 bridgehead atoms. The number of carboxylic acids is 1. The molecule has 0 fully saturated rings. The van der Waals surface area contributed by atoms with Gasteiger partial charge in [0.2, 0.25) is 0 Å². The van der Waals surface area contributed by atoms with Gasteiger partial charge in [-0.2, -0.15) is 0 Å². The Labute approximate surface area is 160 Å². The van der Waals surface area contributed by atoms with Crippen LogP contribution in [0.5, 0.6) is 0 Å². The van der Waals surface area contributed by atoms with Gasteiger partial charge in [-0.15, -0.1) is 0 Å². The quantitative estimate of drug-likeness (QED) is 0.539. The van der Waals surface area contributed by atoms with Gasteiger partial charge >= 0.3 is 5.97 Å². The normalized spacial score (nSPS) is 12.2. The summed E-state index contributed by atoms with van der Waals surface area (Å²) in [5, 5.41) is 11.0. The van der Waals surface area contributed by atoms with E-state index >= 15 is 0 Å². The maximum atomic E-state index is 11.4. The van der Waals surface area contributed by atoms with Gasteiger partial charge in [0.15, 0.2) is 5.82 Å². The monoisotopic (exact) mass is 377 g/mol. The molecule has 2 aromatic carbocycles. The van der Waals surface area contributed by atoms with Crippen LogP contribution >= 0.6 is 11.6 Å². The van der Waals surface area contributed by atoms with Gasteiger partial charge in [0.05, 0.1) is 5.69 Å².